The molecule has 0 spiro atoms. The number of hydrogen-bond acceptors (Lipinski definition) is 5. The van der Waals surface area contributed by atoms with E-state index in [0.717, 1.165) is 19.3 Å². The number of carbonyl (C=O) groups excluding carboxylic acids is 3. The lowest BCUT2D eigenvalue weighted by molar-refractivity contribution is -0.147. The van der Waals surface area contributed by atoms with E-state index in [1.807, 2.05) is 0 Å². The molecule has 3 amide bonds. The zero-order valence-electron chi connectivity index (χ0n) is 13.5. The molecule has 130 valence electrons. The highest BCUT2D eigenvalue weighted by Crippen LogP contribution is 2.25. The molecule has 24 heavy (non-hydrogen) atoms. The van der Waals surface area contributed by atoms with E-state index >= 15 is 0 Å². The molecule has 0 bridgehead atoms. The van der Waals surface area contributed by atoms with E-state index in [4.69, 9.17) is 9.47 Å². The number of nitrogens with zero attached hydrogens (tertiary/aromatic N) is 1. The molecule has 1 aliphatic heterocycles. The molecule has 8 heteroatoms. The van der Waals surface area contributed by atoms with E-state index in [1.165, 1.54) is 12.0 Å². The summed E-state index contributed by atoms with van der Waals surface area (Å²) in [7, 11) is 1.49. The summed E-state index contributed by atoms with van der Waals surface area (Å²) < 4.78 is 10.4. The number of carbonyl (C=O) groups is 3. The fraction of sp³-hybridized carbons (Fsp3) is 0.438. The van der Waals surface area contributed by atoms with Gasteiger partial charge < -0.3 is 14.4 Å². The number of hydrogen-bond donors (Lipinski definition) is 2. The van der Waals surface area contributed by atoms with Gasteiger partial charge in [-0.2, -0.15) is 0 Å². The molecule has 1 saturated heterocycles. The lowest BCUT2D eigenvalue weighted by Crippen LogP contribution is -2.51. The van der Waals surface area contributed by atoms with Crippen molar-refractivity contribution in [3.63, 3.8) is 0 Å². The number of methoxy groups -OCH3 is 1. The molecular weight excluding hydrogens is 314 g/mol. The van der Waals surface area contributed by atoms with Crippen LogP contribution < -0.4 is 20.3 Å². The second kappa shape index (κ2) is 8.76. The maximum Gasteiger partial charge on any atom is 0.327 e. The molecule has 1 aromatic rings. The SMILES string of the molecule is COc1ccccc1OCC(=O)NNC(=O)C(=O)N1CCCCC1. The Bertz CT molecular complexity index is 599. The number of rotatable bonds is 4. The normalized spacial score (nSPS) is 13.8. The van der Waals surface area contributed by atoms with Gasteiger partial charge in [0.1, 0.15) is 0 Å². The van der Waals surface area contributed by atoms with Crippen molar-refractivity contribution in [2.75, 3.05) is 26.8 Å². The predicted molar refractivity (Wildman–Crippen MR) is 85.2 cm³/mol. The third-order valence-corrected chi connectivity index (χ3v) is 3.58. The molecule has 2 N–H and O–H groups in total. The zero-order chi connectivity index (χ0) is 17.4. The second-order valence-electron chi connectivity index (χ2n) is 5.29. The average Bonchev–Trinajstić information content (AvgIpc) is 2.64. The van der Waals surface area contributed by atoms with E-state index < -0.39 is 17.7 Å². The summed E-state index contributed by atoms with van der Waals surface area (Å²) in [6.45, 7) is 0.812. The number of para-hydroxylation sites is 2. The van der Waals surface area contributed by atoms with Crippen LogP contribution in [0.1, 0.15) is 19.3 Å². The van der Waals surface area contributed by atoms with Crippen LogP contribution in [-0.4, -0.2) is 49.4 Å². The molecule has 0 radical (unpaired) electrons. The van der Waals surface area contributed by atoms with Gasteiger partial charge in [0.25, 0.3) is 5.91 Å². The average molecular weight is 335 g/mol. The number of benzene rings is 1. The lowest BCUT2D eigenvalue weighted by atomic mass is 10.1. The first-order chi connectivity index (χ1) is 11.6. The molecule has 1 aromatic carbocycles. The predicted octanol–water partition coefficient (Wildman–Crippen LogP) is 0.234. The Morgan fingerprint density at radius 1 is 1.04 bits per heavy atom. The summed E-state index contributed by atoms with van der Waals surface area (Å²) >= 11 is 0. The fourth-order valence-corrected chi connectivity index (χ4v) is 2.34. The summed E-state index contributed by atoms with van der Waals surface area (Å²) in [6, 6.07) is 6.88. The van der Waals surface area contributed by atoms with Crippen molar-refractivity contribution in [1.29, 1.82) is 0 Å². The fourth-order valence-electron chi connectivity index (χ4n) is 2.34. The Morgan fingerprint density at radius 2 is 1.71 bits per heavy atom. The van der Waals surface area contributed by atoms with Crippen LogP contribution in [0.4, 0.5) is 0 Å². The first-order valence-electron chi connectivity index (χ1n) is 7.75. The van der Waals surface area contributed by atoms with Crippen LogP contribution in [0.3, 0.4) is 0 Å². The molecule has 0 atom stereocenters. The third-order valence-electron chi connectivity index (χ3n) is 3.58. The van der Waals surface area contributed by atoms with Crippen molar-refractivity contribution in [3.8, 4) is 11.5 Å². The molecular formula is C16H21N3O5. The maximum absolute atomic E-state index is 11.9. The zero-order valence-corrected chi connectivity index (χ0v) is 13.5. The summed E-state index contributed by atoms with van der Waals surface area (Å²) in [4.78, 5) is 36.8. The first kappa shape index (κ1) is 17.6. The van der Waals surface area contributed by atoms with Gasteiger partial charge in [0.2, 0.25) is 0 Å². The van der Waals surface area contributed by atoms with Crippen molar-refractivity contribution in [3.05, 3.63) is 24.3 Å². The molecule has 0 aromatic heterocycles. The van der Waals surface area contributed by atoms with Crippen LogP contribution >= 0.6 is 0 Å². The molecule has 0 saturated carbocycles. The van der Waals surface area contributed by atoms with E-state index in [0.29, 0.717) is 24.6 Å². The lowest BCUT2D eigenvalue weighted by Gasteiger charge is -2.25. The van der Waals surface area contributed by atoms with Crippen molar-refractivity contribution in [1.82, 2.24) is 15.8 Å². The van der Waals surface area contributed by atoms with Gasteiger partial charge in [0, 0.05) is 13.1 Å². The van der Waals surface area contributed by atoms with Gasteiger partial charge in [-0.25, -0.2) is 0 Å². The van der Waals surface area contributed by atoms with E-state index in [1.54, 1.807) is 24.3 Å². The van der Waals surface area contributed by atoms with E-state index in [-0.39, 0.29) is 6.61 Å². The van der Waals surface area contributed by atoms with Crippen molar-refractivity contribution < 1.29 is 23.9 Å². The van der Waals surface area contributed by atoms with E-state index in [2.05, 4.69) is 10.9 Å². The first-order valence-corrected chi connectivity index (χ1v) is 7.75. The summed E-state index contributed by atoms with van der Waals surface area (Å²) in [5.74, 6) is -1.18. The number of ether oxygens (including phenoxy) is 2. The van der Waals surface area contributed by atoms with Crippen molar-refractivity contribution >= 4 is 17.7 Å². The standard InChI is InChI=1S/C16H21N3O5/c1-23-12-7-3-4-8-13(12)24-11-14(20)17-18-15(21)16(22)19-9-5-2-6-10-19/h3-4,7-8H,2,5-6,9-11H2,1H3,(H,17,20)(H,18,21). The largest absolute Gasteiger partial charge is 0.493 e. The minimum absolute atomic E-state index is 0.321. The molecule has 0 unspecified atom stereocenters. The van der Waals surface area contributed by atoms with Gasteiger partial charge in [0.15, 0.2) is 18.1 Å². The topological polar surface area (TPSA) is 97.0 Å². The monoisotopic (exact) mass is 335 g/mol. The van der Waals surface area contributed by atoms with Gasteiger partial charge >= 0.3 is 11.8 Å². The number of nitrogens with one attached hydrogen (secondary N) is 2. The maximum atomic E-state index is 11.9. The van der Waals surface area contributed by atoms with Crippen LogP contribution in [0.2, 0.25) is 0 Å². The quantitative estimate of drug-likeness (QED) is 0.607. The van der Waals surface area contributed by atoms with Crippen LogP contribution in [0.5, 0.6) is 11.5 Å². The smallest absolute Gasteiger partial charge is 0.327 e. The molecule has 1 fully saturated rings. The molecule has 1 aliphatic rings. The second-order valence-corrected chi connectivity index (χ2v) is 5.29. The molecule has 1 heterocycles. The Labute approximate surface area is 140 Å². The van der Waals surface area contributed by atoms with E-state index in [9.17, 15) is 14.4 Å². The van der Waals surface area contributed by atoms with Crippen molar-refractivity contribution in [2.45, 2.75) is 19.3 Å². The van der Waals surface area contributed by atoms with Crippen LogP contribution in [0.15, 0.2) is 24.3 Å². The summed E-state index contributed by atoms with van der Waals surface area (Å²) in [5, 5.41) is 0. The summed E-state index contributed by atoms with van der Waals surface area (Å²) in [6.07, 6.45) is 2.83. The number of likely N-dealkylation sites (tertiary alicyclic amines) is 1. The highest BCUT2D eigenvalue weighted by Gasteiger charge is 2.23. The van der Waals surface area contributed by atoms with Gasteiger partial charge in [-0.05, 0) is 31.4 Å². The number of amides is 3. The van der Waals surface area contributed by atoms with Crippen LogP contribution in [-0.2, 0) is 14.4 Å². The Kier molecular flexibility index (Phi) is 6.41. The third kappa shape index (κ3) is 4.87. The van der Waals surface area contributed by atoms with Crippen molar-refractivity contribution in [2.24, 2.45) is 0 Å². The van der Waals surface area contributed by atoms with Gasteiger partial charge in [0.05, 0.1) is 7.11 Å². The number of piperidine rings is 1. The minimum atomic E-state index is -0.859. The highest BCUT2D eigenvalue weighted by molar-refractivity contribution is 6.35. The van der Waals surface area contributed by atoms with Gasteiger partial charge in [-0.15, -0.1) is 0 Å². The van der Waals surface area contributed by atoms with Crippen LogP contribution in [0.25, 0.3) is 0 Å². The van der Waals surface area contributed by atoms with Crippen LogP contribution in [0, 0.1) is 0 Å². The van der Waals surface area contributed by atoms with Gasteiger partial charge in [-0.1, -0.05) is 12.1 Å². The molecule has 8 nitrogen and oxygen atoms in total. The molecule has 0 aliphatic carbocycles. The Hall–Kier alpha value is -2.77. The minimum Gasteiger partial charge on any atom is -0.493 e. The highest BCUT2D eigenvalue weighted by atomic mass is 16.5. The summed E-state index contributed by atoms with van der Waals surface area (Å²) in [5.41, 5.74) is 4.26. The molecule has 2 rings (SSSR count). The Balaban J connectivity index is 1.74. The van der Waals surface area contributed by atoms with Gasteiger partial charge in [-0.3, -0.25) is 25.2 Å². The number of hydrazine groups is 1. The Morgan fingerprint density at radius 3 is 2.38 bits per heavy atom.